The molecule has 2 aromatic heterocycles. The minimum atomic E-state index is -0.468. The van der Waals surface area contributed by atoms with E-state index in [0.29, 0.717) is 39.5 Å². The van der Waals surface area contributed by atoms with Crippen molar-refractivity contribution in [1.29, 1.82) is 0 Å². The summed E-state index contributed by atoms with van der Waals surface area (Å²) in [6.45, 7) is 5.91. The molecule has 146 valence electrons. The van der Waals surface area contributed by atoms with Crippen molar-refractivity contribution < 1.29 is 14.5 Å². The Labute approximate surface area is 164 Å². The molecule has 3 aromatic rings. The van der Waals surface area contributed by atoms with Crippen LogP contribution in [0.25, 0.3) is 10.2 Å². The van der Waals surface area contributed by atoms with E-state index >= 15 is 0 Å². The Morgan fingerprint density at radius 3 is 2.61 bits per heavy atom. The van der Waals surface area contributed by atoms with Crippen LogP contribution in [0.1, 0.15) is 40.5 Å². The number of carbonyl (C=O) groups excluding carboxylic acids is 1. The Bertz CT molecular complexity index is 1100. The first-order valence-electron chi connectivity index (χ1n) is 8.69. The molecular formula is C19H19N3O5S. The number of benzene rings is 1. The first-order chi connectivity index (χ1) is 13.3. The lowest BCUT2D eigenvalue weighted by atomic mass is 10.1. The Kier molecular flexibility index (Phi) is 5.55. The van der Waals surface area contributed by atoms with Gasteiger partial charge >= 0.3 is 5.97 Å². The molecule has 0 saturated carbocycles. The number of nitro benzene ring substituents is 1. The van der Waals surface area contributed by atoms with Gasteiger partial charge in [0, 0.05) is 18.6 Å². The highest BCUT2D eigenvalue weighted by atomic mass is 32.1. The van der Waals surface area contributed by atoms with Crippen LogP contribution in [-0.4, -0.2) is 27.5 Å². The zero-order chi connectivity index (χ0) is 20.4. The maximum absolute atomic E-state index is 12.5. The van der Waals surface area contributed by atoms with Crippen molar-refractivity contribution in [1.82, 2.24) is 9.97 Å². The van der Waals surface area contributed by atoms with E-state index in [2.05, 4.69) is 9.97 Å². The molecule has 0 radical (unpaired) electrons. The van der Waals surface area contributed by atoms with Crippen molar-refractivity contribution in [3.8, 4) is 0 Å². The smallest absolute Gasteiger partial charge is 0.348 e. The fraction of sp³-hybridized carbons (Fsp3) is 0.316. The van der Waals surface area contributed by atoms with Crippen LogP contribution < -0.4 is 5.56 Å². The maximum Gasteiger partial charge on any atom is 0.348 e. The molecule has 0 atom stereocenters. The van der Waals surface area contributed by atoms with E-state index in [9.17, 15) is 19.7 Å². The van der Waals surface area contributed by atoms with E-state index in [1.807, 2.05) is 13.8 Å². The summed E-state index contributed by atoms with van der Waals surface area (Å²) >= 11 is 1.13. The van der Waals surface area contributed by atoms with Crippen LogP contribution >= 0.6 is 11.3 Å². The number of hydrogen-bond acceptors (Lipinski definition) is 7. The summed E-state index contributed by atoms with van der Waals surface area (Å²) in [6.07, 6.45) is 0.313. The van der Waals surface area contributed by atoms with Gasteiger partial charge < -0.3 is 9.72 Å². The van der Waals surface area contributed by atoms with Crippen molar-refractivity contribution in [3.63, 3.8) is 0 Å². The third-order valence-electron chi connectivity index (χ3n) is 4.10. The fourth-order valence-electron chi connectivity index (χ4n) is 2.70. The van der Waals surface area contributed by atoms with Crippen LogP contribution in [0.2, 0.25) is 0 Å². The van der Waals surface area contributed by atoms with Crippen LogP contribution in [0.5, 0.6) is 0 Å². The molecule has 0 spiro atoms. The fourth-order valence-corrected chi connectivity index (χ4v) is 3.80. The van der Waals surface area contributed by atoms with Crippen molar-refractivity contribution in [2.45, 2.75) is 27.2 Å². The van der Waals surface area contributed by atoms with Gasteiger partial charge in [-0.05, 0) is 24.0 Å². The second-order valence-electron chi connectivity index (χ2n) is 6.84. The molecule has 0 aliphatic carbocycles. The molecule has 1 aromatic carbocycles. The van der Waals surface area contributed by atoms with E-state index in [4.69, 9.17) is 4.74 Å². The van der Waals surface area contributed by atoms with E-state index in [0.717, 1.165) is 16.9 Å². The van der Waals surface area contributed by atoms with Gasteiger partial charge in [-0.2, -0.15) is 0 Å². The van der Waals surface area contributed by atoms with E-state index in [-0.39, 0.29) is 17.2 Å². The van der Waals surface area contributed by atoms with Crippen LogP contribution in [-0.2, 0) is 11.2 Å². The third-order valence-corrected chi connectivity index (χ3v) is 5.27. The Balaban J connectivity index is 1.91. The Morgan fingerprint density at radius 1 is 1.32 bits per heavy atom. The number of nitro groups is 1. The van der Waals surface area contributed by atoms with Crippen LogP contribution in [0.3, 0.4) is 0 Å². The summed E-state index contributed by atoms with van der Waals surface area (Å²) in [5.41, 5.74) is 1.01. The predicted octanol–water partition coefficient (Wildman–Crippen LogP) is 3.60. The lowest BCUT2D eigenvalue weighted by molar-refractivity contribution is -0.384. The first-order valence-corrected chi connectivity index (χ1v) is 9.50. The van der Waals surface area contributed by atoms with Gasteiger partial charge in [0.05, 0.1) is 16.9 Å². The number of esters is 1. The molecule has 2 heterocycles. The highest BCUT2D eigenvalue weighted by Gasteiger charge is 2.20. The molecule has 1 N–H and O–H groups in total. The standard InChI is InChI=1S/C19H19N3O5S/c1-10(2)9-27-19(24)16-11(3)15-17(23)20-14(21-18(15)28-16)8-12-4-6-13(7-5-12)22(25)26/h4-7,10H,8-9H2,1-3H3,(H,20,21,23). The number of non-ortho nitro benzene ring substituents is 1. The number of fused-ring (bicyclic) bond motifs is 1. The normalized spacial score (nSPS) is 11.1. The Morgan fingerprint density at radius 2 is 2.00 bits per heavy atom. The number of hydrogen-bond donors (Lipinski definition) is 1. The molecule has 9 heteroatoms. The Hall–Kier alpha value is -3.07. The highest BCUT2D eigenvalue weighted by Crippen LogP contribution is 2.28. The second kappa shape index (κ2) is 7.89. The second-order valence-corrected chi connectivity index (χ2v) is 7.84. The lowest BCUT2D eigenvalue weighted by Crippen LogP contribution is -2.12. The van der Waals surface area contributed by atoms with Gasteiger partial charge in [-0.3, -0.25) is 14.9 Å². The molecule has 0 bridgehead atoms. The largest absolute Gasteiger partial charge is 0.461 e. The van der Waals surface area contributed by atoms with Crippen molar-refractivity contribution in [2.75, 3.05) is 6.61 Å². The SMILES string of the molecule is Cc1c(C(=O)OCC(C)C)sc2nc(Cc3ccc([N+](=O)[O-])cc3)[nH]c(=O)c12. The molecule has 0 aliphatic rings. The van der Waals surface area contributed by atoms with E-state index < -0.39 is 10.9 Å². The molecule has 8 nitrogen and oxygen atoms in total. The minimum Gasteiger partial charge on any atom is -0.461 e. The number of ether oxygens (including phenoxy) is 1. The number of aromatic nitrogens is 2. The number of aromatic amines is 1. The van der Waals surface area contributed by atoms with E-state index in [1.165, 1.54) is 12.1 Å². The number of rotatable bonds is 6. The number of thiophene rings is 1. The average Bonchev–Trinajstić information content (AvgIpc) is 2.97. The number of carbonyl (C=O) groups is 1. The number of H-pyrrole nitrogens is 1. The summed E-state index contributed by atoms with van der Waals surface area (Å²) < 4.78 is 5.27. The van der Waals surface area contributed by atoms with Gasteiger partial charge in [-0.1, -0.05) is 26.0 Å². The van der Waals surface area contributed by atoms with Crippen molar-refractivity contribution in [3.05, 3.63) is 66.6 Å². The molecule has 0 amide bonds. The van der Waals surface area contributed by atoms with Crippen LogP contribution in [0.4, 0.5) is 5.69 Å². The van der Waals surface area contributed by atoms with Gasteiger partial charge in [0.25, 0.3) is 11.2 Å². The molecular weight excluding hydrogens is 382 g/mol. The number of nitrogens with one attached hydrogen (secondary N) is 1. The maximum atomic E-state index is 12.5. The number of aryl methyl sites for hydroxylation is 1. The van der Waals surface area contributed by atoms with Gasteiger partial charge in [-0.15, -0.1) is 11.3 Å². The lowest BCUT2D eigenvalue weighted by Gasteiger charge is -2.05. The van der Waals surface area contributed by atoms with Crippen LogP contribution in [0, 0.1) is 23.0 Å². The summed E-state index contributed by atoms with van der Waals surface area (Å²) in [4.78, 5) is 43.2. The van der Waals surface area contributed by atoms with E-state index in [1.54, 1.807) is 19.1 Å². The summed E-state index contributed by atoms with van der Waals surface area (Å²) in [7, 11) is 0. The summed E-state index contributed by atoms with van der Waals surface area (Å²) in [6, 6.07) is 6.06. The average molecular weight is 401 g/mol. The number of nitrogens with zero attached hydrogens (tertiary/aromatic N) is 2. The summed E-state index contributed by atoms with van der Waals surface area (Å²) in [5.74, 6) is 0.189. The molecule has 28 heavy (non-hydrogen) atoms. The van der Waals surface area contributed by atoms with Gasteiger partial charge in [0.15, 0.2) is 0 Å². The van der Waals surface area contributed by atoms with Gasteiger partial charge in [0.2, 0.25) is 0 Å². The molecule has 0 fully saturated rings. The highest BCUT2D eigenvalue weighted by molar-refractivity contribution is 7.20. The zero-order valence-electron chi connectivity index (χ0n) is 15.6. The molecule has 0 aliphatic heterocycles. The summed E-state index contributed by atoms with van der Waals surface area (Å²) in [5, 5.41) is 11.1. The molecule has 0 saturated heterocycles. The predicted molar refractivity (Wildman–Crippen MR) is 106 cm³/mol. The molecule has 0 unspecified atom stereocenters. The van der Waals surface area contributed by atoms with Gasteiger partial charge in [-0.25, -0.2) is 9.78 Å². The minimum absolute atomic E-state index is 0.000844. The third kappa shape index (κ3) is 4.09. The van der Waals surface area contributed by atoms with Crippen molar-refractivity contribution in [2.24, 2.45) is 5.92 Å². The topological polar surface area (TPSA) is 115 Å². The zero-order valence-corrected chi connectivity index (χ0v) is 16.5. The van der Waals surface area contributed by atoms with Gasteiger partial charge in [0.1, 0.15) is 15.5 Å². The quantitative estimate of drug-likeness (QED) is 0.383. The first kappa shape index (κ1) is 19.7. The molecule has 3 rings (SSSR count). The monoisotopic (exact) mass is 401 g/mol. The van der Waals surface area contributed by atoms with Crippen molar-refractivity contribution >= 4 is 33.2 Å². The van der Waals surface area contributed by atoms with Crippen LogP contribution in [0.15, 0.2) is 29.1 Å².